The largest absolute Gasteiger partial charge is 0.381 e. The maximum absolute atomic E-state index is 5.63. The van der Waals surface area contributed by atoms with Crippen LogP contribution in [0, 0.1) is 11.3 Å². The van der Waals surface area contributed by atoms with Crippen LogP contribution in [0.4, 0.5) is 11.4 Å². The van der Waals surface area contributed by atoms with E-state index < -0.39 is 0 Å². The molecule has 4 aliphatic rings. The van der Waals surface area contributed by atoms with E-state index in [-0.39, 0.29) is 12.4 Å². The standard InChI is InChI=1S/C30H49N3O.ClH/c1-4-30(5-2)14-10-25(11-15-30)28-22-26(32-16-12-27(34-3)13-17-32)8-9-29(28)33-20-18-31(19-21-33)23-24-6-7-24;/h8-9,22,24-25,27H,4-7,10-21,23H2,1-3H3;1H. The first-order valence-corrected chi connectivity index (χ1v) is 14.5. The van der Waals surface area contributed by atoms with Crippen molar-refractivity contribution in [1.29, 1.82) is 0 Å². The molecule has 0 spiro atoms. The van der Waals surface area contributed by atoms with E-state index in [1.54, 1.807) is 11.3 Å². The molecule has 0 bridgehead atoms. The van der Waals surface area contributed by atoms with Gasteiger partial charge in [-0.2, -0.15) is 0 Å². The smallest absolute Gasteiger partial charge is 0.0605 e. The Balaban J connectivity index is 0.00000289. The molecule has 2 heterocycles. The molecule has 0 atom stereocenters. The molecular weight excluding hydrogens is 454 g/mol. The van der Waals surface area contributed by atoms with Gasteiger partial charge in [0.1, 0.15) is 0 Å². The summed E-state index contributed by atoms with van der Waals surface area (Å²) in [5.41, 5.74) is 5.25. The molecule has 2 saturated carbocycles. The van der Waals surface area contributed by atoms with E-state index >= 15 is 0 Å². The Labute approximate surface area is 221 Å². The Bertz CT molecular complexity index is 783. The van der Waals surface area contributed by atoms with Crippen molar-refractivity contribution in [3.8, 4) is 0 Å². The summed E-state index contributed by atoms with van der Waals surface area (Å²) in [7, 11) is 1.87. The highest BCUT2D eigenvalue weighted by Gasteiger charge is 2.35. The molecule has 0 amide bonds. The minimum atomic E-state index is 0. The molecule has 1 aromatic carbocycles. The van der Waals surface area contributed by atoms with Crippen LogP contribution in [-0.4, -0.2) is 63.9 Å². The Morgan fingerprint density at radius 3 is 2.06 bits per heavy atom. The highest BCUT2D eigenvalue weighted by atomic mass is 35.5. The zero-order chi connectivity index (χ0) is 23.5. The molecule has 35 heavy (non-hydrogen) atoms. The van der Waals surface area contributed by atoms with Crippen LogP contribution in [0.25, 0.3) is 0 Å². The number of nitrogens with zero attached hydrogens (tertiary/aromatic N) is 3. The van der Waals surface area contributed by atoms with Crippen molar-refractivity contribution in [1.82, 2.24) is 4.90 Å². The van der Waals surface area contributed by atoms with Gasteiger partial charge in [-0.05, 0) is 92.4 Å². The molecule has 0 unspecified atom stereocenters. The average Bonchev–Trinajstić information content (AvgIpc) is 3.73. The molecule has 2 aliphatic carbocycles. The maximum Gasteiger partial charge on any atom is 0.0605 e. The third kappa shape index (κ3) is 6.30. The monoisotopic (exact) mass is 503 g/mol. The van der Waals surface area contributed by atoms with Crippen LogP contribution >= 0.6 is 12.4 Å². The lowest BCUT2D eigenvalue weighted by Gasteiger charge is -2.42. The topological polar surface area (TPSA) is 19.0 Å². The van der Waals surface area contributed by atoms with Crippen LogP contribution < -0.4 is 9.80 Å². The van der Waals surface area contributed by atoms with E-state index in [4.69, 9.17) is 4.74 Å². The van der Waals surface area contributed by atoms with E-state index in [2.05, 4.69) is 46.7 Å². The molecule has 4 fully saturated rings. The number of benzene rings is 1. The summed E-state index contributed by atoms with van der Waals surface area (Å²) in [5.74, 6) is 1.73. The summed E-state index contributed by atoms with van der Waals surface area (Å²) < 4.78 is 5.63. The molecule has 1 aromatic rings. The first-order valence-electron chi connectivity index (χ1n) is 14.5. The Morgan fingerprint density at radius 2 is 1.49 bits per heavy atom. The SMILES string of the molecule is CCC1(CC)CCC(c2cc(N3CCC(OC)CC3)ccc2N2CCN(CC3CC3)CC2)CC1.Cl. The number of anilines is 2. The molecule has 4 nitrogen and oxygen atoms in total. The molecule has 5 rings (SSSR count). The van der Waals surface area contributed by atoms with Crippen molar-refractivity contribution in [2.45, 2.75) is 90.1 Å². The molecule has 5 heteroatoms. The normalized spacial score (nSPS) is 24.4. The van der Waals surface area contributed by atoms with Crippen LogP contribution in [0.15, 0.2) is 18.2 Å². The number of rotatable bonds is 8. The lowest BCUT2D eigenvalue weighted by atomic mass is 9.66. The summed E-state index contributed by atoms with van der Waals surface area (Å²) in [4.78, 5) is 8.06. The fraction of sp³-hybridized carbons (Fsp3) is 0.800. The maximum atomic E-state index is 5.63. The van der Waals surface area contributed by atoms with Crippen molar-refractivity contribution in [3.63, 3.8) is 0 Å². The lowest BCUT2D eigenvalue weighted by molar-refractivity contribution is 0.0819. The third-order valence-corrected chi connectivity index (χ3v) is 10.1. The van der Waals surface area contributed by atoms with E-state index in [9.17, 15) is 0 Å². The van der Waals surface area contributed by atoms with Gasteiger partial charge in [-0.3, -0.25) is 4.90 Å². The Hall–Kier alpha value is -0.970. The third-order valence-electron chi connectivity index (χ3n) is 10.1. The first kappa shape index (κ1) is 27.1. The Kier molecular flexibility index (Phi) is 9.32. The zero-order valence-electron chi connectivity index (χ0n) is 22.6. The highest BCUT2D eigenvalue weighted by Crippen LogP contribution is 2.49. The molecule has 0 N–H and O–H groups in total. The number of ether oxygens (including phenoxy) is 1. The number of methoxy groups -OCH3 is 1. The average molecular weight is 504 g/mol. The first-order chi connectivity index (χ1) is 16.6. The second kappa shape index (κ2) is 12.0. The summed E-state index contributed by atoms with van der Waals surface area (Å²) in [6.07, 6.45) is 13.9. The number of piperidine rings is 1. The van der Waals surface area contributed by atoms with Gasteiger partial charge in [0, 0.05) is 64.3 Å². The van der Waals surface area contributed by atoms with Crippen LogP contribution in [0.5, 0.6) is 0 Å². The van der Waals surface area contributed by atoms with Gasteiger partial charge in [0.25, 0.3) is 0 Å². The van der Waals surface area contributed by atoms with E-state index in [0.717, 1.165) is 37.8 Å². The van der Waals surface area contributed by atoms with Crippen molar-refractivity contribution < 1.29 is 4.74 Å². The van der Waals surface area contributed by atoms with Gasteiger partial charge in [-0.15, -0.1) is 12.4 Å². The van der Waals surface area contributed by atoms with Gasteiger partial charge in [-0.1, -0.05) is 26.7 Å². The van der Waals surface area contributed by atoms with Gasteiger partial charge in [0.2, 0.25) is 0 Å². The minimum absolute atomic E-state index is 0. The predicted molar refractivity (Wildman–Crippen MR) is 152 cm³/mol. The lowest BCUT2D eigenvalue weighted by Crippen LogP contribution is -2.47. The summed E-state index contributed by atoms with van der Waals surface area (Å²) in [6, 6.07) is 7.52. The molecule has 2 saturated heterocycles. The van der Waals surface area contributed by atoms with Gasteiger partial charge in [-0.25, -0.2) is 0 Å². The number of halogens is 1. The summed E-state index contributed by atoms with van der Waals surface area (Å²) in [5, 5.41) is 0. The zero-order valence-corrected chi connectivity index (χ0v) is 23.5. The van der Waals surface area contributed by atoms with Crippen molar-refractivity contribution in [3.05, 3.63) is 23.8 Å². The van der Waals surface area contributed by atoms with E-state index in [0.29, 0.717) is 11.5 Å². The summed E-state index contributed by atoms with van der Waals surface area (Å²) in [6.45, 7) is 13.3. The van der Waals surface area contributed by atoms with Crippen molar-refractivity contribution in [2.75, 3.05) is 62.7 Å². The van der Waals surface area contributed by atoms with Gasteiger partial charge < -0.3 is 14.5 Å². The Morgan fingerprint density at radius 1 is 0.829 bits per heavy atom. The number of hydrogen-bond acceptors (Lipinski definition) is 4. The molecule has 0 radical (unpaired) electrons. The molecule has 2 aliphatic heterocycles. The van der Waals surface area contributed by atoms with Gasteiger partial charge in [0.05, 0.1) is 6.10 Å². The van der Waals surface area contributed by atoms with Crippen molar-refractivity contribution >= 4 is 23.8 Å². The quantitative estimate of drug-likeness (QED) is 0.392. The molecule has 0 aromatic heterocycles. The fourth-order valence-electron chi connectivity index (χ4n) is 7.04. The highest BCUT2D eigenvalue weighted by molar-refractivity contribution is 5.85. The van der Waals surface area contributed by atoms with E-state index in [1.165, 1.54) is 89.8 Å². The second-order valence-corrected chi connectivity index (χ2v) is 11.9. The number of piperazine rings is 1. The molecular formula is C30H50ClN3O. The van der Waals surface area contributed by atoms with Gasteiger partial charge in [0.15, 0.2) is 0 Å². The predicted octanol–water partition coefficient (Wildman–Crippen LogP) is 6.72. The van der Waals surface area contributed by atoms with Crippen LogP contribution in [0.3, 0.4) is 0 Å². The van der Waals surface area contributed by atoms with E-state index in [1.807, 2.05) is 7.11 Å². The molecule has 198 valence electrons. The van der Waals surface area contributed by atoms with Gasteiger partial charge >= 0.3 is 0 Å². The van der Waals surface area contributed by atoms with Crippen LogP contribution in [0.2, 0.25) is 0 Å². The minimum Gasteiger partial charge on any atom is -0.381 e. The van der Waals surface area contributed by atoms with Crippen LogP contribution in [0.1, 0.15) is 89.5 Å². The number of hydrogen-bond donors (Lipinski definition) is 0. The summed E-state index contributed by atoms with van der Waals surface area (Å²) >= 11 is 0. The van der Waals surface area contributed by atoms with Crippen molar-refractivity contribution in [2.24, 2.45) is 11.3 Å². The fourth-order valence-corrected chi connectivity index (χ4v) is 7.04. The van der Waals surface area contributed by atoms with Crippen LogP contribution in [-0.2, 0) is 4.74 Å². The second-order valence-electron chi connectivity index (χ2n) is 11.9.